The molecule has 0 aliphatic carbocycles. The molecule has 0 fully saturated rings. The third kappa shape index (κ3) is 8.26. The summed E-state index contributed by atoms with van der Waals surface area (Å²) in [5, 5.41) is 3.14. The van der Waals surface area contributed by atoms with Gasteiger partial charge in [0.15, 0.2) is 0 Å². The van der Waals surface area contributed by atoms with Crippen LogP contribution < -0.4 is 5.32 Å². The predicted octanol–water partition coefficient (Wildman–Crippen LogP) is 2.44. The van der Waals surface area contributed by atoms with Crippen LogP contribution in [-0.2, 0) is 4.74 Å². The number of nitrogens with one attached hydrogen (secondary N) is 1. The molecule has 0 rings (SSSR count). The molecule has 0 aromatic heterocycles. The summed E-state index contributed by atoms with van der Waals surface area (Å²) < 4.78 is 5.86. The highest BCUT2D eigenvalue weighted by Crippen LogP contribution is 2.20. The second kappa shape index (κ2) is 4.97. The predicted molar refractivity (Wildman–Crippen MR) is 58.0 cm³/mol. The second-order valence-electron chi connectivity index (χ2n) is 5.46. The lowest BCUT2D eigenvalue weighted by Crippen LogP contribution is -2.32. The Kier molecular flexibility index (Phi) is 4.93. The van der Waals surface area contributed by atoms with E-state index in [2.05, 4.69) is 39.9 Å². The van der Waals surface area contributed by atoms with Gasteiger partial charge in [-0.2, -0.15) is 0 Å². The SMILES string of the molecule is CNCCC(C)(C)OCC(C)(C)C. The summed E-state index contributed by atoms with van der Waals surface area (Å²) in [6.07, 6.45) is 1.06. The second-order valence-corrected chi connectivity index (χ2v) is 5.46. The van der Waals surface area contributed by atoms with E-state index in [-0.39, 0.29) is 11.0 Å². The monoisotopic (exact) mass is 187 g/mol. The van der Waals surface area contributed by atoms with Crippen molar-refractivity contribution in [2.75, 3.05) is 20.2 Å². The van der Waals surface area contributed by atoms with E-state index in [9.17, 15) is 0 Å². The van der Waals surface area contributed by atoms with Crippen LogP contribution in [0.15, 0.2) is 0 Å². The van der Waals surface area contributed by atoms with Gasteiger partial charge in [0.1, 0.15) is 0 Å². The van der Waals surface area contributed by atoms with E-state index in [1.807, 2.05) is 7.05 Å². The molecular weight excluding hydrogens is 162 g/mol. The minimum absolute atomic E-state index is 0.00368. The quantitative estimate of drug-likeness (QED) is 0.714. The Labute approximate surface area is 83.1 Å². The Morgan fingerprint density at radius 2 is 1.62 bits per heavy atom. The Morgan fingerprint density at radius 1 is 1.08 bits per heavy atom. The van der Waals surface area contributed by atoms with Crippen LogP contribution in [0.1, 0.15) is 41.0 Å². The Balaban J connectivity index is 3.75. The summed E-state index contributed by atoms with van der Waals surface area (Å²) in [7, 11) is 1.97. The van der Waals surface area contributed by atoms with Gasteiger partial charge in [-0.25, -0.2) is 0 Å². The van der Waals surface area contributed by atoms with Crippen LogP contribution in [-0.4, -0.2) is 25.8 Å². The van der Waals surface area contributed by atoms with E-state index in [1.165, 1.54) is 0 Å². The summed E-state index contributed by atoms with van der Waals surface area (Å²) in [5.41, 5.74) is 0.257. The number of hydrogen-bond donors (Lipinski definition) is 1. The van der Waals surface area contributed by atoms with Crippen LogP contribution in [0, 0.1) is 5.41 Å². The molecule has 0 aromatic rings. The minimum Gasteiger partial charge on any atom is -0.375 e. The lowest BCUT2D eigenvalue weighted by atomic mass is 9.97. The van der Waals surface area contributed by atoms with Gasteiger partial charge in [0.2, 0.25) is 0 Å². The van der Waals surface area contributed by atoms with Crippen LogP contribution >= 0.6 is 0 Å². The fourth-order valence-electron chi connectivity index (χ4n) is 0.910. The third-order valence-corrected chi connectivity index (χ3v) is 1.87. The largest absolute Gasteiger partial charge is 0.375 e. The molecule has 0 heterocycles. The topological polar surface area (TPSA) is 21.3 Å². The van der Waals surface area contributed by atoms with Gasteiger partial charge in [-0.05, 0) is 39.3 Å². The molecule has 2 nitrogen and oxygen atoms in total. The highest BCUT2D eigenvalue weighted by atomic mass is 16.5. The van der Waals surface area contributed by atoms with Gasteiger partial charge in [0, 0.05) is 0 Å². The lowest BCUT2D eigenvalue weighted by Gasteiger charge is -2.29. The molecule has 2 heteroatoms. The summed E-state index contributed by atoms with van der Waals surface area (Å²) in [5.74, 6) is 0. The molecule has 0 spiro atoms. The molecule has 0 saturated carbocycles. The smallest absolute Gasteiger partial charge is 0.0638 e. The summed E-state index contributed by atoms with van der Waals surface area (Å²) in [4.78, 5) is 0. The molecule has 0 saturated heterocycles. The molecule has 0 atom stereocenters. The zero-order valence-corrected chi connectivity index (χ0v) is 10.0. The Bertz CT molecular complexity index is 136. The van der Waals surface area contributed by atoms with Crippen LogP contribution in [0.4, 0.5) is 0 Å². The highest BCUT2D eigenvalue weighted by molar-refractivity contribution is 4.71. The van der Waals surface area contributed by atoms with Crippen molar-refractivity contribution in [3.05, 3.63) is 0 Å². The minimum atomic E-state index is -0.00368. The maximum absolute atomic E-state index is 5.86. The van der Waals surface area contributed by atoms with E-state index in [4.69, 9.17) is 4.74 Å². The van der Waals surface area contributed by atoms with E-state index >= 15 is 0 Å². The molecule has 0 radical (unpaired) electrons. The normalized spacial score (nSPS) is 13.4. The van der Waals surface area contributed by atoms with E-state index in [1.54, 1.807) is 0 Å². The standard InChI is InChI=1S/C11H25NO/c1-10(2,3)9-13-11(4,5)7-8-12-6/h12H,7-9H2,1-6H3. The molecule has 0 bridgehead atoms. The van der Waals surface area contributed by atoms with Crippen molar-refractivity contribution in [3.8, 4) is 0 Å². The van der Waals surface area contributed by atoms with Gasteiger partial charge in [-0.1, -0.05) is 20.8 Å². The molecule has 0 aliphatic rings. The van der Waals surface area contributed by atoms with Gasteiger partial charge >= 0.3 is 0 Å². The first kappa shape index (κ1) is 12.9. The fourth-order valence-corrected chi connectivity index (χ4v) is 0.910. The molecular formula is C11H25NO. The van der Waals surface area contributed by atoms with Crippen molar-refractivity contribution in [2.24, 2.45) is 5.41 Å². The van der Waals surface area contributed by atoms with Crippen LogP contribution in [0.5, 0.6) is 0 Å². The Morgan fingerprint density at radius 3 is 2.00 bits per heavy atom. The Hall–Kier alpha value is -0.0800. The molecule has 80 valence electrons. The molecule has 13 heavy (non-hydrogen) atoms. The van der Waals surface area contributed by atoms with E-state index in [0.717, 1.165) is 19.6 Å². The van der Waals surface area contributed by atoms with Crippen molar-refractivity contribution in [1.82, 2.24) is 5.32 Å². The summed E-state index contributed by atoms with van der Waals surface area (Å²) >= 11 is 0. The molecule has 0 unspecified atom stereocenters. The molecule has 0 amide bonds. The zero-order valence-electron chi connectivity index (χ0n) is 10.0. The first-order valence-corrected chi connectivity index (χ1v) is 5.05. The molecule has 0 aliphatic heterocycles. The van der Waals surface area contributed by atoms with Crippen LogP contribution in [0.3, 0.4) is 0 Å². The average Bonchev–Trinajstić information content (AvgIpc) is 1.97. The van der Waals surface area contributed by atoms with Gasteiger partial charge in [0.25, 0.3) is 0 Å². The van der Waals surface area contributed by atoms with Crippen molar-refractivity contribution < 1.29 is 4.74 Å². The van der Waals surface area contributed by atoms with Gasteiger partial charge in [-0.15, -0.1) is 0 Å². The first-order chi connectivity index (χ1) is 5.77. The van der Waals surface area contributed by atoms with Crippen molar-refractivity contribution in [3.63, 3.8) is 0 Å². The van der Waals surface area contributed by atoms with Crippen molar-refractivity contribution >= 4 is 0 Å². The van der Waals surface area contributed by atoms with Crippen LogP contribution in [0.25, 0.3) is 0 Å². The van der Waals surface area contributed by atoms with Crippen molar-refractivity contribution in [1.29, 1.82) is 0 Å². The maximum atomic E-state index is 5.86. The molecule has 1 N–H and O–H groups in total. The summed E-state index contributed by atoms with van der Waals surface area (Å²) in [6, 6.07) is 0. The van der Waals surface area contributed by atoms with Gasteiger partial charge in [-0.3, -0.25) is 0 Å². The van der Waals surface area contributed by atoms with Crippen LogP contribution in [0.2, 0.25) is 0 Å². The third-order valence-electron chi connectivity index (χ3n) is 1.87. The zero-order chi connectivity index (χ0) is 10.5. The fraction of sp³-hybridized carbons (Fsp3) is 1.00. The number of ether oxygens (including phenoxy) is 1. The molecule has 0 aromatic carbocycles. The summed E-state index contributed by atoms with van der Waals surface area (Å²) in [6.45, 7) is 12.7. The first-order valence-electron chi connectivity index (χ1n) is 5.05. The number of hydrogen-bond acceptors (Lipinski definition) is 2. The van der Waals surface area contributed by atoms with Gasteiger partial charge in [0.05, 0.1) is 12.2 Å². The van der Waals surface area contributed by atoms with E-state index in [0.29, 0.717) is 0 Å². The van der Waals surface area contributed by atoms with Crippen molar-refractivity contribution in [2.45, 2.75) is 46.6 Å². The average molecular weight is 187 g/mol. The van der Waals surface area contributed by atoms with E-state index < -0.39 is 0 Å². The highest BCUT2D eigenvalue weighted by Gasteiger charge is 2.21. The lowest BCUT2D eigenvalue weighted by molar-refractivity contribution is -0.0544. The number of rotatable bonds is 5. The maximum Gasteiger partial charge on any atom is 0.0638 e. The van der Waals surface area contributed by atoms with Gasteiger partial charge < -0.3 is 10.1 Å².